The monoisotopic (exact) mass is 243 g/mol. The second-order valence-electron chi connectivity index (χ2n) is 5.94. The molecule has 0 aromatic rings. The lowest BCUT2D eigenvalue weighted by atomic mass is 10.2. The van der Waals surface area contributed by atoms with Crippen molar-refractivity contribution in [1.29, 1.82) is 0 Å². The molecule has 17 heavy (non-hydrogen) atoms. The molecule has 1 aliphatic rings. The van der Waals surface area contributed by atoms with Crippen LogP contribution in [0.25, 0.3) is 0 Å². The first kappa shape index (κ1) is 14.9. The number of hydrogen-bond donors (Lipinski definition) is 2. The number of nitrogens with one attached hydrogen (secondary N) is 1. The molecule has 102 valence electrons. The fourth-order valence-electron chi connectivity index (χ4n) is 2.00. The Hall–Kier alpha value is -0.120. The van der Waals surface area contributed by atoms with Gasteiger partial charge in [0.05, 0.1) is 12.7 Å². The van der Waals surface area contributed by atoms with Gasteiger partial charge in [-0.25, -0.2) is 0 Å². The molecule has 3 heteroatoms. The minimum absolute atomic E-state index is 0.363. The average molecular weight is 243 g/mol. The van der Waals surface area contributed by atoms with Gasteiger partial charge in [-0.1, -0.05) is 40.0 Å². The molecule has 0 heterocycles. The Kier molecular flexibility index (Phi) is 6.45. The predicted molar refractivity (Wildman–Crippen MR) is 71.2 cm³/mol. The minimum atomic E-state index is -0.363. The smallest absolute Gasteiger partial charge is 0.0897 e. The van der Waals surface area contributed by atoms with Crippen molar-refractivity contribution in [3.8, 4) is 0 Å². The lowest BCUT2D eigenvalue weighted by molar-refractivity contribution is 0.0350. The van der Waals surface area contributed by atoms with Gasteiger partial charge in [-0.2, -0.15) is 0 Å². The van der Waals surface area contributed by atoms with Gasteiger partial charge in [-0.15, -0.1) is 0 Å². The third kappa shape index (κ3) is 6.39. The van der Waals surface area contributed by atoms with Crippen molar-refractivity contribution in [3.63, 3.8) is 0 Å². The van der Waals surface area contributed by atoms with E-state index in [1.807, 2.05) is 0 Å². The number of hydrogen-bond acceptors (Lipinski definition) is 3. The van der Waals surface area contributed by atoms with Crippen molar-refractivity contribution in [3.05, 3.63) is 0 Å². The molecule has 0 bridgehead atoms. The van der Waals surface area contributed by atoms with Gasteiger partial charge >= 0.3 is 0 Å². The van der Waals surface area contributed by atoms with Gasteiger partial charge in [0.15, 0.2) is 0 Å². The topological polar surface area (TPSA) is 41.5 Å². The molecule has 0 spiro atoms. The van der Waals surface area contributed by atoms with E-state index in [-0.39, 0.29) is 6.10 Å². The summed E-state index contributed by atoms with van der Waals surface area (Å²) in [5, 5.41) is 13.1. The van der Waals surface area contributed by atoms with E-state index in [0.29, 0.717) is 24.6 Å². The summed E-state index contributed by atoms with van der Waals surface area (Å²) in [5.74, 6) is 0. The van der Waals surface area contributed by atoms with Crippen LogP contribution in [0.5, 0.6) is 0 Å². The highest BCUT2D eigenvalue weighted by Gasteiger charge is 2.45. The maximum Gasteiger partial charge on any atom is 0.0897 e. The van der Waals surface area contributed by atoms with Crippen LogP contribution in [0.2, 0.25) is 0 Å². The summed E-state index contributed by atoms with van der Waals surface area (Å²) in [6.07, 6.45) is 5.74. The molecular weight excluding hydrogens is 214 g/mol. The predicted octanol–water partition coefficient (Wildman–Crippen LogP) is 2.33. The summed E-state index contributed by atoms with van der Waals surface area (Å²) >= 11 is 0. The summed E-state index contributed by atoms with van der Waals surface area (Å²) in [4.78, 5) is 0. The number of aliphatic hydroxyl groups excluding tert-OH is 1. The standard InChI is InChI=1S/C14H29NO2/c1-4-5-6-7-8-17-11-12(16)10-15-13-9-14(13,2)3/h12-13,15-16H,4-11H2,1-3H3. The van der Waals surface area contributed by atoms with Gasteiger partial charge in [0.1, 0.15) is 0 Å². The molecule has 0 radical (unpaired) electrons. The van der Waals surface area contributed by atoms with Gasteiger partial charge in [0.25, 0.3) is 0 Å². The van der Waals surface area contributed by atoms with E-state index in [9.17, 15) is 5.11 Å². The number of rotatable bonds is 10. The van der Waals surface area contributed by atoms with Crippen molar-refractivity contribution < 1.29 is 9.84 Å². The van der Waals surface area contributed by atoms with Crippen molar-refractivity contribution in [2.75, 3.05) is 19.8 Å². The van der Waals surface area contributed by atoms with E-state index in [2.05, 4.69) is 26.1 Å². The van der Waals surface area contributed by atoms with Crippen LogP contribution in [0, 0.1) is 5.41 Å². The second-order valence-corrected chi connectivity index (χ2v) is 5.94. The first-order valence-electron chi connectivity index (χ1n) is 7.05. The molecule has 0 saturated heterocycles. The first-order chi connectivity index (χ1) is 8.06. The lowest BCUT2D eigenvalue weighted by Gasteiger charge is -2.13. The van der Waals surface area contributed by atoms with Crippen molar-refractivity contribution in [2.24, 2.45) is 5.41 Å². The molecule has 2 atom stereocenters. The van der Waals surface area contributed by atoms with Gasteiger partial charge in [0, 0.05) is 19.2 Å². The van der Waals surface area contributed by atoms with Crippen LogP contribution >= 0.6 is 0 Å². The van der Waals surface area contributed by atoms with Gasteiger partial charge in [0.2, 0.25) is 0 Å². The zero-order valence-corrected chi connectivity index (χ0v) is 11.7. The molecule has 1 fully saturated rings. The number of ether oxygens (including phenoxy) is 1. The highest BCUT2D eigenvalue weighted by atomic mass is 16.5. The van der Waals surface area contributed by atoms with E-state index in [1.165, 1.54) is 25.7 Å². The van der Waals surface area contributed by atoms with Crippen LogP contribution in [0.4, 0.5) is 0 Å². The maximum atomic E-state index is 9.71. The van der Waals surface area contributed by atoms with Gasteiger partial charge in [-0.05, 0) is 18.3 Å². The van der Waals surface area contributed by atoms with E-state index in [1.54, 1.807) is 0 Å². The van der Waals surface area contributed by atoms with Crippen LogP contribution in [0.1, 0.15) is 52.9 Å². The highest BCUT2D eigenvalue weighted by Crippen LogP contribution is 2.44. The molecule has 1 aliphatic carbocycles. The Labute approximate surface area is 106 Å². The molecule has 0 aliphatic heterocycles. The fraction of sp³-hybridized carbons (Fsp3) is 1.00. The lowest BCUT2D eigenvalue weighted by Crippen LogP contribution is -2.33. The zero-order valence-electron chi connectivity index (χ0n) is 11.7. The van der Waals surface area contributed by atoms with Crippen LogP contribution in [-0.2, 0) is 4.74 Å². The van der Waals surface area contributed by atoms with E-state index >= 15 is 0 Å². The third-order valence-corrected chi connectivity index (χ3v) is 3.57. The van der Waals surface area contributed by atoms with Gasteiger partial charge < -0.3 is 15.2 Å². The van der Waals surface area contributed by atoms with Crippen LogP contribution in [0.3, 0.4) is 0 Å². The van der Waals surface area contributed by atoms with Gasteiger partial charge in [-0.3, -0.25) is 0 Å². The SMILES string of the molecule is CCCCCCOCC(O)CNC1CC1(C)C. The molecule has 1 saturated carbocycles. The summed E-state index contributed by atoms with van der Waals surface area (Å²) in [6, 6.07) is 0.585. The normalized spacial score (nSPS) is 23.6. The Balaban J connectivity index is 1.86. The summed E-state index contributed by atoms with van der Waals surface area (Å²) in [5.41, 5.74) is 0.431. The van der Waals surface area contributed by atoms with Crippen molar-refractivity contribution in [1.82, 2.24) is 5.32 Å². The summed E-state index contributed by atoms with van der Waals surface area (Å²) in [7, 11) is 0. The molecule has 2 unspecified atom stereocenters. The first-order valence-corrected chi connectivity index (χ1v) is 7.05. The summed E-state index contributed by atoms with van der Waals surface area (Å²) in [6.45, 7) is 8.61. The molecule has 3 nitrogen and oxygen atoms in total. The van der Waals surface area contributed by atoms with Crippen molar-refractivity contribution >= 4 is 0 Å². The zero-order chi connectivity index (χ0) is 12.7. The Morgan fingerprint density at radius 1 is 1.35 bits per heavy atom. The Morgan fingerprint density at radius 2 is 2.06 bits per heavy atom. The van der Waals surface area contributed by atoms with E-state index < -0.39 is 0 Å². The molecule has 2 N–H and O–H groups in total. The summed E-state index contributed by atoms with van der Waals surface area (Å²) < 4.78 is 5.46. The number of unbranched alkanes of at least 4 members (excludes halogenated alkanes) is 3. The van der Waals surface area contributed by atoms with Crippen LogP contribution < -0.4 is 5.32 Å². The minimum Gasteiger partial charge on any atom is -0.389 e. The number of aliphatic hydroxyl groups is 1. The highest BCUT2D eigenvalue weighted by molar-refractivity contribution is 5.01. The second kappa shape index (κ2) is 7.34. The molecule has 1 rings (SSSR count). The average Bonchev–Trinajstić information content (AvgIpc) is 2.89. The Bertz CT molecular complexity index is 206. The Morgan fingerprint density at radius 3 is 2.65 bits per heavy atom. The van der Waals surface area contributed by atoms with E-state index in [4.69, 9.17) is 4.74 Å². The van der Waals surface area contributed by atoms with Crippen LogP contribution in [0.15, 0.2) is 0 Å². The molecule has 0 amide bonds. The quantitative estimate of drug-likeness (QED) is 0.579. The third-order valence-electron chi connectivity index (χ3n) is 3.57. The molecule has 0 aromatic heterocycles. The van der Waals surface area contributed by atoms with E-state index in [0.717, 1.165) is 13.0 Å². The molecule has 0 aromatic carbocycles. The van der Waals surface area contributed by atoms with Crippen LogP contribution in [-0.4, -0.2) is 37.0 Å². The fourth-order valence-corrected chi connectivity index (χ4v) is 2.00. The van der Waals surface area contributed by atoms with Crippen molar-refractivity contribution in [2.45, 2.75) is 65.0 Å². The maximum absolute atomic E-state index is 9.71. The largest absolute Gasteiger partial charge is 0.389 e. The molecular formula is C14H29NO2.